The van der Waals surface area contributed by atoms with E-state index >= 15 is 0 Å². The van der Waals surface area contributed by atoms with Gasteiger partial charge in [0.1, 0.15) is 17.7 Å². The number of anilines is 1. The molecule has 0 radical (unpaired) electrons. The Labute approximate surface area is 183 Å². The zero-order chi connectivity index (χ0) is 23.0. The van der Waals surface area contributed by atoms with Crippen LogP contribution in [0.25, 0.3) is 11.2 Å². The topological polar surface area (TPSA) is 181 Å². The predicted molar refractivity (Wildman–Crippen MR) is 111 cm³/mol. The van der Waals surface area contributed by atoms with Crippen LogP contribution in [0.4, 0.5) is 10.6 Å². The SMILES string of the molecule is CNC(=O)N(C)CC#Cc1nc(N)c2ncn(C3OC(C(=O)NC4CC4)C(O)C3O)c2n1. The number of fused-ring (bicyclic) bond motifs is 1. The van der Waals surface area contributed by atoms with Crippen molar-refractivity contribution in [3.63, 3.8) is 0 Å². The molecule has 0 aromatic carbocycles. The first kappa shape index (κ1) is 21.8. The number of ether oxygens (including phenoxy) is 1. The molecule has 3 amide bonds. The first-order valence-corrected chi connectivity index (χ1v) is 10.0. The van der Waals surface area contributed by atoms with Gasteiger partial charge in [-0.05, 0) is 18.8 Å². The molecule has 1 aliphatic heterocycles. The second kappa shape index (κ2) is 8.58. The van der Waals surface area contributed by atoms with Gasteiger partial charge >= 0.3 is 6.03 Å². The molecular formula is C19H24N8O5. The Kier molecular flexibility index (Phi) is 5.83. The van der Waals surface area contributed by atoms with Crippen LogP contribution in [-0.4, -0.2) is 91.6 Å². The van der Waals surface area contributed by atoms with Crippen LogP contribution in [0.15, 0.2) is 6.33 Å². The number of nitrogens with one attached hydrogen (secondary N) is 2. The summed E-state index contributed by atoms with van der Waals surface area (Å²) in [4.78, 5) is 37.9. The maximum atomic E-state index is 12.4. The average molecular weight is 444 g/mol. The normalized spacial score (nSPS) is 24.6. The molecule has 4 rings (SSSR count). The van der Waals surface area contributed by atoms with Crippen molar-refractivity contribution >= 4 is 28.9 Å². The molecule has 13 nitrogen and oxygen atoms in total. The van der Waals surface area contributed by atoms with Crippen molar-refractivity contribution in [3.8, 4) is 11.8 Å². The van der Waals surface area contributed by atoms with E-state index in [2.05, 4.69) is 37.4 Å². The van der Waals surface area contributed by atoms with Gasteiger partial charge in [-0.2, -0.15) is 0 Å². The van der Waals surface area contributed by atoms with Gasteiger partial charge in [0.2, 0.25) is 5.82 Å². The Morgan fingerprint density at radius 2 is 2.09 bits per heavy atom. The van der Waals surface area contributed by atoms with Crippen molar-refractivity contribution in [3.05, 3.63) is 12.2 Å². The van der Waals surface area contributed by atoms with Gasteiger partial charge in [-0.1, -0.05) is 5.92 Å². The summed E-state index contributed by atoms with van der Waals surface area (Å²) in [6, 6.07) is -0.209. The third-order valence-corrected chi connectivity index (χ3v) is 5.22. The molecular weight excluding hydrogens is 420 g/mol. The minimum absolute atomic E-state index is 0.0637. The lowest BCUT2D eigenvalue weighted by atomic mass is 10.1. The summed E-state index contributed by atoms with van der Waals surface area (Å²) < 4.78 is 7.06. The Morgan fingerprint density at radius 3 is 2.78 bits per heavy atom. The highest BCUT2D eigenvalue weighted by Gasteiger charge is 2.48. The van der Waals surface area contributed by atoms with Gasteiger partial charge in [0.05, 0.1) is 12.9 Å². The Bertz CT molecular complexity index is 1100. The van der Waals surface area contributed by atoms with Gasteiger partial charge in [-0.15, -0.1) is 0 Å². The van der Waals surface area contributed by atoms with Crippen LogP contribution in [-0.2, 0) is 9.53 Å². The van der Waals surface area contributed by atoms with E-state index in [1.807, 2.05) is 0 Å². The van der Waals surface area contributed by atoms with E-state index in [9.17, 15) is 19.8 Å². The molecule has 4 atom stereocenters. The maximum absolute atomic E-state index is 12.4. The fraction of sp³-hybridized carbons (Fsp3) is 0.526. The van der Waals surface area contributed by atoms with Gasteiger partial charge in [-0.3, -0.25) is 9.36 Å². The first-order chi connectivity index (χ1) is 15.3. The van der Waals surface area contributed by atoms with Crippen LogP contribution in [0, 0.1) is 11.8 Å². The average Bonchev–Trinajstić information content (AvgIpc) is 3.40. The molecule has 1 saturated carbocycles. The predicted octanol–water partition coefficient (Wildman–Crippen LogP) is -2.07. The number of hydrogen-bond acceptors (Lipinski definition) is 9. The highest BCUT2D eigenvalue weighted by molar-refractivity contribution is 5.83. The zero-order valence-electron chi connectivity index (χ0n) is 17.5. The largest absolute Gasteiger partial charge is 0.387 e. The summed E-state index contributed by atoms with van der Waals surface area (Å²) in [7, 11) is 3.10. The summed E-state index contributed by atoms with van der Waals surface area (Å²) >= 11 is 0. The lowest BCUT2D eigenvalue weighted by Crippen LogP contribution is -2.43. The summed E-state index contributed by atoms with van der Waals surface area (Å²) in [5.41, 5.74) is 6.47. The number of aliphatic hydroxyl groups is 2. The molecule has 4 unspecified atom stereocenters. The molecule has 170 valence electrons. The van der Waals surface area contributed by atoms with E-state index in [0.29, 0.717) is 0 Å². The Hall–Kier alpha value is -3.47. The highest BCUT2D eigenvalue weighted by atomic mass is 16.6. The molecule has 2 aromatic rings. The summed E-state index contributed by atoms with van der Waals surface area (Å²) in [5.74, 6) is 5.19. The second-order valence-electron chi connectivity index (χ2n) is 7.68. The fourth-order valence-corrected chi connectivity index (χ4v) is 3.30. The highest BCUT2D eigenvalue weighted by Crippen LogP contribution is 2.32. The monoisotopic (exact) mass is 444 g/mol. The number of rotatable bonds is 4. The summed E-state index contributed by atoms with van der Waals surface area (Å²) in [6.45, 7) is 0.134. The molecule has 6 N–H and O–H groups in total. The van der Waals surface area contributed by atoms with E-state index in [1.165, 1.54) is 22.8 Å². The first-order valence-electron chi connectivity index (χ1n) is 10.0. The smallest absolute Gasteiger partial charge is 0.317 e. The third-order valence-electron chi connectivity index (χ3n) is 5.22. The lowest BCUT2D eigenvalue weighted by molar-refractivity contribution is -0.137. The number of urea groups is 1. The van der Waals surface area contributed by atoms with E-state index in [-0.39, 0.29) is 41.4 Å². The van der Waals surface area contributed by atoms with Crippen molar-refractivity contribution in [1.29, 1.82) is 0 Å². The van der Waals surface area contributed by atoms with E-state index < -0.39 is 30.4 Å². The van der Waals surface area contributed by atoms with Crippen molar-refractivity contribution in [1.82, 2.24) is 35.1 Å². The summed E-state index contributed by atoms with van der Waals surface area (Å²) in [5, 5.41) is 26.1. The molecule has 0 spiro atoms. The lowest BCUT2D eigenvalue weighted by Gasteiger charge is -2.16. The van der Waals surface area contributed by atoms with Crippen molar-refractivity contribution in [2.24, 2.45) is 0 Å². The number of aliphatic hydroxyl groups excluding tert-OH is 2. The molecule has 1 saturated heterocycles. The van der Waals surface area contributed by atoms with Crippen LogP contribution in [0.2, 0.25) is 0 Å². The molecule has 0 bridgehead atoms. The van der Waals surface area contributed by atoms with Crippen molar-refractivity contribution in [2.75, 3.05) is 26.4 Å². The van der Waals surface area contributed by atoms with E-state index in [4.69, 9.17) is 10.5 Å². The van der Waals surface area contributed by atoms with Crippen LogP contribution >= 0.6 is 0 Å². The van der Waals surface area contributed by atoms with Crippen molar-refractivity contribution < 1.29 is 24.5 Å². The molecule has 1 aliphatic carbocycles. The molecule has 3 heterocycles. The number of carbonyl (C=O) groups is 2. The number of imidazole rings is 1. The minimum Gasteiger partial charge on any atom is -0.387 e. The fourth-order valence-electron chi connectivity index (χ4n) is 3.30. The maximum Gasteiger partial charge on any atom is 0.317 e. The van der Waals surface area contributed by atoms with Gasteiger partial charge < -0.3 is 36.2 Å². The molecule has 2 aliphatic rings. The number of carbonyl (C=O) groups excluding carboxylic acids is 2. The van der Waals surface area contributed by atoms with E-state index in [1.54, 1.807) is 7.05 Å². The standard InChI is InChI=1S/C19H24N8O5/c1-21-19(31)26(2)7-3-4-10-24-15(20)11-16(25-10)27(8-22-11)18-13(29)12(28)14(32-18)17(30)23-9-5-6-9/h8-9,12-14,18,28-29H,5-7H2,1-2H3,(H,21,31)(H,23,30)(H2,20,24,25). The van der Waals surface area contributed by atoms with E-state index in [0.717, 1.165) is 12.8 Å². The Morgan fingerprint density at radius 1 is 1.34 bits per heavy atom. The number of aromatic nitrogens is 4. The quantitative estimate of drug-likeness (QED) is 0.331. The number of nitrogens with two attached hydrogens (primary N) is 1. The number of nitrogen functional groups attached to an aromatic ring is 1. The molecule has 2 fully saturated rings. The minimum atomic E-state index is -1.42. The van der Waals surface area contributed by atoms with Gasteiger partial charge in [0, 0.05) is 20.1 Å². The van der Waals surface area contributed by atoms with Gasteiger partial charge in [0.25, 0.3) is 5.91 Å². The van der Waals surface area contributed by atoms with Crippen molar-refractivity contribution in [2.45, 2.75) is 43.4 Å². The Balaban J connectivity index is 1.58. The molecule has 2 aromatic heterocycles. The van der Waals surface area contributed by atoms with Crippen LogP contribution in [0.5, 0.6) is 0 Å². The van der Waals surface area contributed by atoms with Crippen LogP contribution in [0.3, 0.4) is 0 Å². The van der Waals surface area contributed by atoms with Gasteiger partial charge in [-0.25, -0.2) is 19.7 Å². The second-order valence-corrected chi connectivity index (χ2v) is 7.68. The number of nitrogens with zero attached hydrogens (tertiary/aromatic N) is 5. The zero-order valence-corrected chi connectivity index (χ0v) is 17.5. The third kappa shape index (κ3) is 4.15. The number of hydrogen-bond donors (Lipinski definition) is 5. The van der Waals surface area contributed by atoms with Crippen LogP contribution < -0.4 is 16.4 Å². The molecule has 32 heavy (non-hydrogen) atoms. The van der Waals surface area contributed by atoms with Gasteiger partial charge in [0.15, 0.2) is 23.8 Å². The summed E-state index contributed by atoms with van der Waals surface area (Å²) in [6.07, 6.45) is -2.05. The number of amides is 3. The molecule has 13 heteroatoms. The van der Waals surface area contributed by atoms with Crippen LogP contribution in [0.1, 0.15) is 24.9 Å².